The number of carbonyl (C=O) groups excluding carboxylic acids is 2. The maximum absolute atomic E-state index is 12.5. The van der Waals surface area contributed by atoms with Gasteiger partial charge in [-0.1, -0.05) is 0 Å². The monoisotopic (exact) mass is 276 g/mol. The Kier molecular flexibility index (Phi) is 4.71. The summed E-state index contributed by atoms with van der Waals surface area (Å²) in [5, 5.41) is 0. The molecule has 0 radical (unpaired) electrons. The molecule has 0 aliphatic carbocycles. The van der Waals surface area contributed by atoms with Gasteiger partial charge in [0.1, 0.15) is 6.04 Å². The molecule has 108 valence electrons. The highest BCUT2D eigenvalue weighted by Gasteiger charge is 2.33. The Balaban J connectivity index is 2.19. The van der Waals surface area contributed by atoms with E-state index < -0.39 is 6.04 Å². The molecule has 5 nitrogen and oxygen atoms in total. The molecule has 1 amide bonds. The van der Waals surface area contributed by atoms with Crippen LogP contribution in [0.2, 0.25) is 0 Å². The minimum absolute atomic E-state index is 0.140. The molecule has 1 unspecified atom stereocenters. The molecular formula is C15H20N2O3. The maximum Gasteiger partial charge on any atom is 0.328 e. The smallest absolute Gasteiger partial charge is 0.328 e. The Morgan fingerprint density at radius 2 is 2.20 bits per heavy atom. The normalized spacial score (nSPS) is 18.7. The van der Waals surface area contributed by atoms with Gasteiger partial charge in [-0.15, -0.1) is 0 Å². The van der Waals surface area contributed by atoms with Crippen LogP contribution in [-0.2, 0) is 9.53 Å². The summed E-state index contributed by atoms with van der Waals surface area (Å²) < 4.78 is 5.07. The molecule has 20 heavy (non-hydrogen) atoms. The number of esters is 1. The summed E-state index contributed by atoms with van der Waals surface area (Å²) in [6.07, 6.45) is 5.78. The van der Waals surface area contributed by atoms with Gasteiger partial charge in [-0.25, -0.2) is 4.79 Å². The van der Waals surface area contributed by atoms with Crippen LogP contribution in [0.4, 0.5) is 0 Å². The van der Waals surface area contributed by atoms with Gasteiger partial charge < -0.3 is 9.64 Å². The molecule has 1 aromatic rings. The van der Waals surface area contributed by atoms with E-state index >= 15 is 0 Å². The quantitative estimate of drug-likeness (QED) is 0.792. The number of aromatic nitrogens is 1. The molecule has 1 aromatic heterocycles. The fraction of sp³-hybridized carbons (Fsp3) is 0.533. The number of hydrogen-bond donors (Lipinski definition) is 0. The average Bonchev–Trinajstić information content (AvgIpc) is 2.47. The summed E-state index contributed by atoms with van der Waals surface area (Å²) in [4.78, 5) is 30.2. The van der Waals surface area contributed by atoms with Crippen LogP contribution in [0.1, 0.15) is 42.1 Å². The summed E-state index contributed by atoms with van der Waals surface area (Å²) in [7, 11) is 0. The molecule has 1 fully saturated rings. The van der Waals surface area contributed by atoms with E-state index in [0.29, 0.717) is 25.1 Å². The first-order chi connectivity index (χ1) is 9.63. The van der Waals surface area contributed by atoms with Crippen molar-refractivity contribution >= 4 is 11.9 Å². The Bertz CT molecular complexity index is 502. The molecule has 1 aliphatic rings. The Labute approximate surface area is 118 Å². The third-order valence-corrected chi connectivity index (χ3v) is 3.44. The van der Waals surface area contributed by atoms with Crippen molar-refractivity contribution in [2.75, 3.05) is 13.2 Å². The first kappa shape index (κ1) is 14.5. The molecule has 0 aromatic carbocycles. The average molecular weight is 276 g/mol. The highest BCUT2D eigenvalue weighted by molar-refractivity contribution is 5.96. The lowest BCUT2D eigenvalue weighted by molar-refractivity contribution is -0.149. The number of pyridine rings is 1. The summed E-state index contributed by atoms with van der Waals surface area (Å²) in [5.74, 6) is -0.444. The lowest BCUT2D eigenvalue weighted by Crippen LogP contribution is -2.48. The van der Waals surface area contributed by atoms with Gasteiger partial charge in [-0.05, 0) is 44.7 Å². The van der Waals surface area contributed by atoms with Crippen LogP contribution >= 0.6 is 0 Å². The molecule has 5 heteroatoms. The topological polar surface area (TPSA) is 59.5 Å². The summed E-state index contributed by atoms with van der Waals surface area (Å²) in [6.45, 7) is 4.60. The standard InChI is InChI=1S/C15H20N2O3/c1-3-20-15(19)13-6-4-5-7-17(13)14(18)12-8-11(2)9-16-10-12/h8-10,13H,3-7H2,1-2H3. The van der Waals surface area contributed by atoms with Gasteiger partial charge >= 0.3 is 5.97 Å². The van der Waals surface area contributed by atoms with Crippen molar-refractivity contribution in [3.05, 3.63) is 29.6 Å². The fourth-order valence-electron chi connectivity index (χ4n) is 2.50. The molecule has 2 rings (SSSR count). The van der Waals surface area contributed by atoms with E-state index in [2.05, 4.69) is 4.98 Å². The van der Waals surface area contributed by atoms with Crippen molar-refractivity contribution in [1.29, 1.82) is 0 Å². The predicted octanol–water partition coefficient (Wildman–Crippen LogP) is 1.95. The van der Waals surface area contributed by atoms with Crippen molar-refractivity contribution in [3.63, 3.8) is 0 Å². The number of nitrogens with zero attached hydrogens (tertiary/aromatic N) is 2. The molecule has 1 aliphatic heterocycles. The number of carbonyl (C=O) groups is 2. The number of likely N-dealkylation sites (tertiary alicyclic amines) is 1. The highest BCUT2D eigenvalue weighted by Crippen LogP contribution is 2.21. The second-order valence-corrected chi connectivity index (χ2v) is 5.01. The number of amides is 1. The van der Waals surface area contributed by atoms with E-state index in [4.69, 9.17) is 4.74 Å². The van der Waals surface area contributed by atoms with Gasteiger partial charge in [0.05, 0.1) is 12.2 Å². The summed E-state index contributed by atoms with van der Waals surface area (Å²) in [6, 6.07) is 1.34. The van der Waals surface area contributed by atoms with Crippen LogP contribution in [0.15, 0.2) is 18.5 Å². The summed E-state index contributed by atoms with van der Waals surface area (Å²) in [5.41, 5.74) is 1.46. The Morgan fingerprint density at radius 3 is 2.90 bits per heavy atom. The fourth-order valence-corrected chi connectivity index (χ4v) is 2.50. The van der Waals surface area contributed by atoms with Crippen molar-refractivity contribution in [2.45, 2.75) is 39.2 Å². The van der Waals surface area contributed by atoms with E-state index in [9.17, 15) is 9.59 Å². The van der Waals surface area contributed by atoms with E-state index in [-0.39, 0.29) is 11.9 Å². The van der Waals surface area contributed by atoms with Gasteiger partial charge in [0.25, 0.3) is 5.91 Å². The number of hydrogen-bond acceptors (Lipinski definition) is 4. The van der Waals surface area contributed by atoms with Gasteiger partial charge in [0.2, 0.25) is 0 Å². The van der Waals surface area contributed by atoms with Crippen molar-refractivity contribution in [1.82, 2.24) is 9.88 Å². The van der Waals surface area contributed by atoms with Crippen molar-refractivity contribution in [3.8, 4) is 0 Å². The lowest BCUT2D eigenvalue weighted by atomic mass is 10.0. The van der Waals surface area contributed by atoms with E-state index in [1.165, 1.54) is 0 Å². The third-order valence-electron chi connectivity index (χ3n) is 3.44. The number of piperidine rings is 1. The minimum atomic E-state index is -0.461. The number of rotatable bonds is 3. The van der Waals surface area contributed by atoms with Crippen LogP contribution in [0.3, 0.4) is 0 Å². The summed E-state index contributed by atoms with van der Waals surface area (Å²) >= 11 is 0. The van der Waals surface area contributed by atoms with Gasteiger partial charge in [-0.2, -0.15) is 0 Å². The van der Waals surface area contributed by atoms with Gasteiger partial charge in [0, 0.05) is 18.9 Å². The SMILES string of the molecule is CCOC(=O)C1CCCCN1C(=O)c1cncc(C)c1. The first-order valence-corrected chi connectivity index (χ1v) is 7.02. The molecule has 0 spiro atoms. The zero-order chi connectivity index (χ0) is 14.5. The van der Waals surface area contributed by atoms with Crippen LogP contribution in [-0.4, -0.2) is 41.0 Å². The number of ether oxygens (including phenoxy) is 1. The molecule has 2 heterocycles. The van der Waals surface area contributed by atoms with Crippen molar-refractivity contribution < 1.29 is 14.3 Å². The molecular weight excluding hydrogens is 256 g/mol. The molecule has 1 saturated heterocycles. The minimum Gasteiger partial charge on any atom is -0.464 e. The predicted molar refractivity (Wildman–Crippen MR) is 74.3 cm³/mol. The van der Waals surface area contributed by atoms with Crippen LogP contribution in [0.5, 0.6) is 0 Å². The van der Waals surface area contributed by atoms with Crippen molar-refractivity contribution in [2.24, 2.45) is 0 Å². The first-order valence-electron chi connectivity index (χ1n) is 7.02. The molecule has 0 N–H and O–H groups in total. The molecule has 1 atom stereocenters. The Hall–Kier alpha value is -1.91. The molecule has 0 bridgehead atoms. The second kappa shape index (κ2) is 6.50. The van der Waals surface area contributed by atoms with E-state index in [1.54, 1.807) is 30.3 Å². The zero-order valence-corrected chi connectivity index (χ0v) is 12.0. The Morgan fingerprint density at radius 1 is 1.40 bits per heavy atom. The number of aryl methyl sites for hydroxylation is 1. The van der Waals surface area contributed by atoms with Crippen LogP contribution in [0, 0.1) is 6.92 Å². The van der Waals surface area contributed by atoms with E-state index in [1.807, 2.05) is 6.92 Å². The van der Waals surface area contributed by atoms with Gasteiger partial charge in [-0.3, -0.25) is 9.78 Å². The maximum atomic E-state index is 12.5. The van der Waals surface area contributed by atoms with Crippen LogP contribution < -0.4 is 0 Å². The lowest BCUT2D eigenvalue weighted by Gasteiger charge is -2.34. The van der Waals surface area contributed by atoms with E-state index in [0.717, 1.165) is 18.4 Å². The highest BCUT2D eigenvalue weighted by atomic mass is 16.5. The third kappa shape index (κ3) is 3.15. The zero-order valence-electron chi connectivity index (χ0n) is 12.0. The van der Waals surface area contributed by atoms with Gasteiger partial charge in [0.15, 0.2) is 0 Å². The second-order valence-electron chi connectivity index (χ2n) is 5.01. The van der Waals surface area contributed by atoms with Crippen LogP contribution in [0.25, 0.3) is 0 Å². The largest absolute Gasteiger partial charge is 0.464 e. The molecule has 0 saturated carbocycles.